The van der Waals surface area contributed by atoms with Gasteiger partial charge in [-0.3, -0.25) is 0 Å². The Morgan fingerprint density at radius 3 is 3.00 bits per heavy atom. The van der Waals surface area contributed by atoms with Gasteiger partial charge in [0.05, 0.1) is 12.7 Å². The first-order chi connectivity index (χ1) is 6.81. The van der Waals surface area contributed by atoms with Crippen LogP contribution in [0.25, 0.3) is 0 Å². The minimum Gasteiger partial charge on any atom is -0.392 e. The lowest BCUT2D eigenvalue weighted by Gasteiger charge is -2.14. The highest BCUT2D eigenvalue weighted by Crippen LogP contribution is 2.32. The molecule has 0 aromatic heterocycles. The molecule has 76 valence electrons. The third-order valence-corrected chi connectivity index (χ3v) is 2.79. The van der Waals surface area contributed by atoms with Crippen LogP contribution in [0, 0.1) is 0 Å². The van der Waals surface area contributed by atoms with Gasteiger partial charge in [-0.15, -0.1) is 0 Å². The predicted octanol–water partition coefficient (Wildman–Crippen LogP) is 2.68. The van der Waals surface area contributed by atoms with E-state index in [0.29, 0.717) is 5.02 Å². The Labute approximate surface area is 88.5 Å². The second-order valence-electron chi connectivity index (χ2n) is 3.50. The average Bonchev–Trinajstić information content (AvgIpc) is 2.70. The van der Waals surface area contributed by atoms with E-state index in [2.05, 4.69) is 0 Å². The van der Waals surface area contributed by atoms with Gasteiger partial charge in [0, 0.05) is 11.6 Å². The number of ether oxygens (including phenoxy) is 1. The van der Waals surface area contributed by atoms with Crippen LogP contribution in [-0.2, 0) is 11.3 Å². The molecule has 1 atom stereocenters. The molecule has 2 nitrogen and oxygen atoms in total. The summed E-state index contributed by atoms with van der Waals surface area (Å²) in [6.07, 6.45) is 2.23. The molecule has 0 radical (unpaired) electrons. The summed E-state index contributed by atoms with van der Waals surface area (Å²) in [6, 6.07) is 5.55. The topological polar surface area (TPSA) is 29.5 Å². The van der Waals surface area contributed by atoms with Crippen molar-refractivity contribution in [1.29, 1.82) is 0 Å². The number of aliphatic hydroxyl groups excluding tert-OH is 1. The molecule has 1 aromatic carbocycles. The van der Waals surface area contributed by atoms with E-state index in [4.69, 9.17) is 16.3 Å². The fraction of sp³-hybridized carbons (Fsp3) is 0.455. The zero-order chi connectivity index (χ0) is 9.97. The molecule has 1 fully saturated rings. The molecule has 2 rings (SSSR count). The molecule has 1 aliphatic heterocycles. The van der Waals surface area contributed by atoms with E-state index in [9.17, 15) is 5.11 Å². The maximum atomic E-state index is 9.17. The van der Waals surface area contributed by atoms with Crippen molar-refractivity contribution in [2.24, 2.45) is 0 Å². The third kappa shape index (κ3) is 1.92. The van der Waals surface area contributed by atoms with Crippen LogP contribution < -0.4 is 0 Å². The Hall–Kier alpha value is -0.570. The van der Waals surface area contributed by atoms with Crippen molar-refractivity contribution in [3.05, 3.63) is 34.3 Å². The van der Waals surface area contributed by atoms with Crippen molar-refractivity contribution in [1.82, 2.24) is 0 Å². The highest BCUT2D eigenvalue weighted by Gasteiger charge is 2.20. The molecule has 0 amide bonds. The van der Waals surface area contributed by atoms with Crippen LogP contribution in [0.2, 0.25) is 5.02 Å². The Morgan fingerprint density at radius 1 is 1.50 bits per heavy atom. The highest BCUT2D eigenvalue weighted by atomic mass is 35.5. The third-order valence-electron chi connectivity index (χ3n) is 2.55. The van der Waals surface area contributed by atoms with Crippen molar-refractivity contribution in [3.8, 4) is 0 Å². The SMILES string of the molecule is OCc1ccc(Cl)cc1C1CCCO1. The van der Waals surface area contributed by atoms with Crippen molar-refractivity contribution in [2.45, 2.75) is 25.6 Å². The van der Waals surface area contributed by atoms with Gasteiger partial charge in [-0.25, -0.2) is 0 Å². The predicted molar refractivity (Wildman–Crippen MR) is 55.3 cm³/mol. The van der Waals surface area contributed by atoms with Gasteiger partial charge in [-0.1, -0.05) is 17.7 Å². The van der Waals surface area contributed by atoms with Gasteiger partial charge in [0.2, 0.25) is 0 Å². The van der Waals surface area contributed by atoms with Crippen LogP contribution in [0.5, 0.6) is 0 Å². The molecule has 0 spiro atoms. The first-order valence-electron chi connectivity index (χ1n) is 4.82. The molecular weight excluding hydrogens is 200 g/mol. The van der Waals surface area contributed by atoms with E-state index in [1.54, 1.807) is 6.07 Å². The Kier molecular flexibility index (Phi) is 3.06. The van der Waals surface area contributed by atoms with Crippen LogP contribution in [0.3, 0.4) is 0 Å². The minimum absolute atomic E-state index is 0.0480. The first-order valence-corrected chi connectivity index (χ1v) is 5.20. The largest absolute Gasteiger partial charge is 0.392 e. The second-order valence-corrected chi connectivity index (χ2v) is 3.94. The monoisotopic (exact) mass is 212 g/mol. The van der Waals surface area contributed by atoms with E-state index in [0.717, 1.165) is 30.6 Å². The van der Waals surface area contributed by atoms with Gasteiger partial charge >= 0.3 is 0 Å². The van der Waals surface area contributed by atoms with Crippen LogP contribution in [-0.4, -0.2) is 11.7 Å². The molecule has 14 heavy (non-hydrogen) atoms. The van der Waals surface area contributed by atoms with E-state index in [1.165, 1.54) is 0 Å². The number of hydrogen-bond donors (Lipinski definition) is 1. The maximum absolute atomic E-state index is 9.17. The van der Waals surface area contributed by atoms with Gasteiger partial charge in [0.25, 0.3) is 0 Å². The molecule has 0 bridgehead atoms. The summed E-state index contributed by atoms with van der Waals surface area (Å²) in [7, 11) is 0. The molecule has 1 heterocycles. The maximum Gasteiger partial charge on any atom is 0.0829 e. The Morgan fingerprint density at radius 2 is 2.36 bits per heavy atom. The normalized spacial score (nSPS) is 21.4. The van der Waals surface area contributed by atoms with Crippen molar-refractivity contribution < 1.29 is 9.84 Å². The van der Waals surface area contributed by atoms with E-state index in [1.807, 2.05) is 12.1 Å². The zero-order valence-electron chi connectivity index (χ0n) is 7.87. The summed E-state index contributed by atoms with van der Waals surface area (Å²) in [5.74, 6) is 0. The standard InChI is InChI=1S/C11H13ClO2/c12-9-4-3-8(7-13)10(6-9)11-2-1-5-14-11/h3-4,6,11,13H,1-2,5,7H2. The zero-order valence-corrected chi connectivity index (χ0v) is 8.63. The summed E-state index contributed by atoms with van der Waals surface area (Å²) in [5.41, 5.74) is 1.96. The van der Waals surface area contributed by atoms with Gasteiger partial charge in [0.15, 0.2) is 0 Å². The average molecular weight is 213 g/mol. The molecule has 1 unspecified atom stereocenters. The smallest absolute Gasteiger partial charge is 0.0829 e. The number of rotatable bonds is 2. The highest BCUT2D eigenvalue weighted by molar-refractivity contribution is 6.30. The van der Waals surface area contributed by atoms with Crippen LogP contribution in [0.1, 0.15) is 30.1 Å². The molecule has 1 aliphatic rings. The van der Waals surface area contributed by atoms with E-state index < -0.39 is 0 Å². The number of benzene rings is 1. The molecule has 1 aromatic rings. The lowest BCUT2D eigenvalue weighted by Crippen LogP contribution is -2.01. The fourth-order valence-electron chi connectivity index (χ4n) is 1.83. The second kappa shape index (κ2) is 4.30. The summed E-state index contributed by atoms with van der Waals surface area (Å²) < 4.78 is 5.57. The van der Waals surface area contributed by atoms with Gasteiger partial charge in [-0.2, -0.15) is 0 Å². The molecule has 1 N–H and O–H groups in total. The summed E-state index contributed by atoms with van der Waals surface area (Å²) in [5, 5.41) is 9.87. The van der Waals surface area contributed by atoms with Crippen LogP contribution in [0.4, 0.5) is 0 Å². The van der Waals surface area contributed by atoms with Gasteiger partial charge < -0.3 is 9.84 Å². The fourth-order valence-corrected chi connectivity index (χ4v) is 2.01. The van der Waals surface area contributed by atoms with E-state index >= 15 is 0 Å². The first kappa shape index (κ1) is 9.97. The summed E-state index contributed by atoms with van der Waals surface area (Å²) in [4.78, 5) is 0. The molecule has 1 saturated heterocycles. The minimum atomic E-state index is 0.0480. The molecular formula is C11H13ClO2. The molecule has 0 saturated carbocycles. The van der Waals surface area contributed by atoms with Crippen molar-refractivity contribution in [2.75, 3.05) is 6.61 Å². The van der Waals surface area contributed by atoms with Crippen molar-refractivity contribution >= 4 is 11.6 Å². The number of halogens is 1. The lowest BCUT2D eigenvalue weighted by atomic mass is 10.0. The summed E-state index contributed by atoms with van der Waals surface area (Å²) >= 11 is 5.92. The lowest BCUT2D eigenvalue weighted by molar-refractivity contribution is 0.110. The van der Waals surface area contributed by atoms with Gasteiger partial charge in [0.1, 0.15) is 0 Å². The van der Waals surface area contributed by atoms with Crippen molar-refractivity contribution in [3.63, 3.8) is 0 Å². The molecule has 0 aliphatic carbocycles. The Bertz CT molecular complexity index is 319. The number of hydrogen-bond acceptors (Lipinski definition) is 2. The van der Waals surface area contributed by atoms with Crippen LogP contribution in [0.15, 0.2) is 18.2 Å². The van der Waals surface area contributed by atoms with E-state index in [-0.39, 0.29) is 12.7 Å². The summed E-state index contributed by atoms with van der Waals surface area (Å²) in [6.45, 7) is 0.856. The van der Waals surface area contributed by atoms with Gasteiger partial charge in [-0.05, 0) is 36.1 Å². The van der Waals surface area contributed by atoms with Crippen LogP contribution >= 0.6 is 11.6 Å². The number of aliphatic hydroxyl groups is 1. The Balaban J connectivity index is 2.33. The molecule has 3 heteroatoms. The quantitative estimate of drug-likeness (QED) is 0.817.